The molecule has 3 N–H and O–H groups in total. The average Bonchev–Trinajstić information content (AvgIpc) is 2.33. The summed E-state index contributed by atoms with van der Waals surface area (Å²) in [6, 6.07) is 0. The molecule has 0 aromatic heterocycles. The van der Waals surface area contributed by atoms with Crippen molar-refractivity contribution in [2.24, 2.45) is 0 Å². The van der Waals surface area contributed by atoms with Crippen molar-refractivity contribution in [1.82, 2.24) is 10.2 Å². The summed E-state index contributed by atoms with van der Waals surface area (Å²) in [5.74, 6) is -0.734. The molecule has 0 aromatic carbocycles. The van der Waals surface area contributed by atoms with Gasteiger partial charge in [-0.05, 0) is 32.7 Å². The fourth-order valence-corrected chi connectivity index (χ4v) is 2.89. The van der Waals surface area contributed by atoms with E-state index in [4.69, 9.17) is 5.11 Å². The number of carbonyl (C=O) groups is 1. The molecule has 2 rings (SSSR count). The second kappa shape index (κ2) is 4.55. The van der Waals surface area contributed by atoms with Gasteiger partial charge in [0.05, 0.1) is 17.6 Å². The highest BCUT2D eigenvalue weighted by molar-refractivity contribution is 5.68. The van der Waals surface area contributed by atoms with Crippen LogP contribution in [0.2, 0.25) is 0 Å². The lowest BCUT2D eigenvalue weighted by atomic mass is 9.86. The predicted octanol–water partition coefficient (Wildman–Crippen LogP) is 0.0400. The minimum absolute atomic E-state index is 0.197. The van der Waals surface area contributed by atoms with Gasteiger partial charge in [-0.2, -0.15) is 0 Å². The molecule has 2 saturated heterocycles. The van der Waals surface area contributed by atoms with E-state index in [-0.39, 0.29) is 12.0 Å². The molecular formula is C12H22N2O3. The highest BCUT2D eigenvalue weighted by Gasteiger charge is 2.45. The minimum Gasteiger partial charge on any atom is -0.481 e. The summed E-state index contributed by atoms with van der Waals surface area (Å²) < 4.78 is 0. The van der Waals surface area contributed by atoms with Gasteiger partial charge in [0.25, 0.3) is 0 Å². The van der Waals surface area contributed by atoms with E-state index in [0.717, 1.165) is 45.4 Å². The fourth-order valence-electron chi connectivity index (χ4n) is 2.89. The van der Waals surface area contributed by atoms with Crippen LogP contribution < -0.4 is 5.32 Å². The first-order chi connectivity index (χ1) is 7.94. The molecule has 0 radical (unpaired) electrons. The molecule has 5 nitrogen and oxygen atoms in total. The Morgan fingerprint density at radius 3 is 2.59 bits per heavy atom. The molecule has 2 heterocycles. The van der Waals surface area contributed by atoms with E-state index in [1.54, 1.807) is 0 Å². The molecule has 1 atom stereocenters. The molecule has 2 aliphatic rings. The van der Waals surface area contributed by atoms with Crippen LogP contribution in [0.5, 0.6) is 0 Å². The zero-order valence-electron chi connectivity index (χ0n) is 10.4. The summed E-state index contributed by atoms with van der Waals surface area (Å²) in [5, 5.41) is 22.2. The fraction of sp³-hybridized carbons (Fsp3) is 0.917. The number of nitrogens with zero attached hydrogens (tertiary/aromatic N) is 1. The molecule has 0 aliphatic carbocycles. The average molecular weight is 242 g/mol. The van der Waals surface area contributed by atoms with Crippen LogP contribution in [-0.4, -0.2) is 58.4 Å². The van der Waals surface area contributed by atoms with Gasteiger partial charge < -0.3 is 15.5 Å². The van der Waals surface area contributed by atoms with E-state index >= 15 is 0 Å². The SMILES string of the molecule is CC1(O)CCCN(C2(CC(=O)O)CNC2)CC1. The Balaban J connectivity index is 2.02. The van der Waals surface area contributed by atoms with Crippen molar-refractivity contribution in [2.75, 3.05) is 26.2 Å². The maximum absolute atomic E-state index is 11.0. The van der Waals surface area contributed by atoms with E-state index in [1.807, 2.05) is 6.92 Å². The molecule has 0 saturated carbocycles. The summed E-state index contributed by atoms with van der Waals surface area (Å²) in [4.78, 5) is 13.2. The van der Waals surface area contributed by atoms with Crippen molar-refractivity contribution in [1.29, 1.82) is 0 Å². The first kappa shape index (κ1) is 12.8. The summed E-state index contributed by atoms with van der Waals surface area (Å²) >= 11 is 0. The van der Waals surface area contributed by atoms with Gasteiger partial charge in [0.15, 0.2) is 0 Å². The smallest absolute Gasteiger partial charge is 0.305 e. The van der Waals surface area contributed by atoms with E-state index in [0.29, 0.717) is 0 Å². The Kier molecular flexibility index (Phi) is 3.43. The van der Waals surface area contributed by atoms with Crippen LogP contribution in [-0.2, 0) is 4.79 Å². The van der Waals surface area contributed by atoms with Gasteiger partial charge in [-0.25, -0.2) is 0 Å². The van der Waals surface area contributed by atoms with Crippen LogP contribution in [0.15, 0.2) is 0 Å². The topological polar surface area (TPSA) is 72.8 Å². The van der Waals surface area contributed by atoms with Gasteiger partial charge >= 0.3 is 5.97 Å². The summed E-state index contributed by atoms with van der Waals surface area (Å²) in [6.45, 7) is 5.06. The highest BCUT2D eigenvalue weighted by Crippen LogP contribution is 2.30. The Labute approximate surface area is 102 Å². The molecule has 5 heteroatoms. The molecule has 2 aliphatic heterocycles. The summed E-state index contributed by atoms with van der Waals surface area (Å²) in [5.41, 5.74) is -0.803. The van der Waals surface area contributed by atoms with E-state index < -0.39 is 11.6 Å². The van der Waals surface area contributed by atoms with Crippen molar-refractivity contribution in [3.63, 3.8) is 0 Å². The predicted molar refractivity (Wildman–Crippen MR) is 63.9 cm³/mol. The Morgan fingerprint density at radius 2 is 2.06 bits per heavy atom. The number of rotatable bonds is 3. The number of aliphatic carboxylic acids is 1. The minimum atomic E-state index is -0.734. The van der Waals surface area contributed by atoms with Crippen molar-refractivity contribution < 1.29 is 15.0 Å². The number of carboxylic acid groups (broad SMARTS) is 1. The van der Waals surface area contributed by atoms with Crippen molar-refractivity contribution >= 4 is 5.97 Å². The first-order valence-corrected chi connectivity index (χ1v) is 6.34. The van der Waals surface area contributed by atoms with E-state index in [2.05, 4.69) is 10.2 Å². The van der Waals surface area contributed by atoms with Crippen molar-refractivity contribution in [2.45, 2.75) is 43.7 Å². The van der Waals surface area contributed by atoms with Crippen LogP contribution in [0, 0.1) is 0 Å². The van der Waals surface area contributed by atoms with Gasteiger partial charge in [0, 0.05) is 19.6 Å². The van der Waals surface area contributed by atoms with Crippen molar-refractivity contribution in [3.8, 4) is 0 Å². The van der Waals surface area contributed by atoms with Crippen LogP contribution in [0.4, 0.5) is 0 Å². The number of hydrogen-bond donors (Lipinski definition) is 3. The third-order valence-corrected chi connectivity index (χ3v) is 4.12. The quantitative estimate of drug-likeness (QED) is 0.652. The second-order valence-electron chi connectivity index (χ2n) is 5.74. The molecule has 1 unspecified atom stereocenters. The standard InChI is InChI=1S/C12H22N2O3/c1-11(17)3-2-5-14(6-4-11)12(7-10(15)16)8-13-9-12/h13,17H,2-9H2,1H3,(H,15,16). The van der Waals surface area contributed by atoms with Gasteiger partial charge in [0.2, 0.25) is 0 Å². The molecule has 2 fully saturated rings. The number of aliphatic hydroxyl groups is 1. The Morgan fingerprint density at radius 1 is 1.35 bits per heavy atom. The molecule has 0 spiro atoms. The molecular weight excluding hydrogens is 220 g/mol. The van der Waals surface area contributed by atoms with Gasteiger partial charge in [-0.3, -0.25) is 9.69 Å². The van der Waals surface area contributed by atoms with Crippen LogP contribution in [0.25, 0.3) is 0 Å². The Bertz CT molecular complexity index is 300. The molecule has 0 amide bonds. The third-order valence-electron chi connectivity index (χ3n) is 4.12. The summed E-state index contributed by atoms with van der Waals surface area (Å²) in [7, 11) is 0. The Hall–Kier alpha value is -0.650. The number of hydrogen-bond acceptors (Lipinski definition) is 4. The lowest BCUT2D eigenvalue weighted by Gasteiger charge is -2.50. The van der Waals surface area contributed by atoms with Crippen LogP contribution in [0.1, 0.15) is 32.6 Å². The zero-order valence-corrected chi connectivity index (χ0v) is 10.4. The monoisotopic (exact) mass is 242 g/mol. The number of likely N-dealkylation sites (tertiary alicyclic amines) is 1. The lowest BCUT2D eigenvalue weighted by Crippen LogP contribution is -2.69. The van der Waals surface area contributed by atoms with Gasteiger partial charge in [-0.1, -0.05) is 0 Å². The molecule has 17 heavy (non-hydrogen) atoms. The largest absolute Gasteiger partial charge is 0.481 e. The lowest BCUT2D eigenvalue weighted by molar-refractivity contribution is -0.141. The van der Waals surface area contributed by atoms with Crippen molar-refractivity contribution in [3.05, 3.63) is 0 Å². The van der Waals surface area contributed by atoms with Crippen LogP contribution in [0.3, 0.4) is 0 Å². The van der Waals surface area contributed by atoms with E-state index in [1.165, 1.54) is 0 Å². The summed E-state index contributed by atoms with van der Waals surface area (Å²) in [6.07, 6.45) is 2.67. The second-order valence-corrected chi connectivity index (χ2v) is 5.74. The number of nitrogens with one attached hydrogen (secondary N) is 1. The maximum Gasteiger partial charge on any atom is 0.305 e. The van der Waals surface area contributed by atoms with Gasteiger partial charge in [0.1, 0.15) is 0 Å². The third kappa shape index (κ3) is 2.78. The zero-order chi connectivity index (χ0) is 12.5. The van der Waals surface area contributed by atoms with Crippen LogP contribution >= 0.6 is 0 Å². The molecule has 0 bridgehead atoms. The van der Waals surface area contributed by atoms with E-state index in [9.17, 15) is 9.90 Å². The maximum atomic E-state index is 11.0. The highest BCUT2D eigenvalue weighted by atomic mass is 16.4. The molecule has 98 valence electrons. The molecule has 0 aromatic rings. The number of carboxylic acids is 1. The van der Waals surface area contributed by atoms with Gasteiger partial charge in [-0.15, -0.1) is 0 Å². The normalized spacial score (nSPS) is 33.8. The first-order valence-electron chi connectivity index (χ1n) is 6.34.